The minimum Gasteiger partial charge on any atom is -0.478 e. The lowest BCUT2D eigenvalue weighted by atomic mass is 9.83. The molecule has 1 aliphatic rings. The zero-order valence-electron chi connectivity index (χ0n) is 12.3. The topological polar surface area (TPSA) is 83.5 Å². The summed E-state index contributed by atoms with van der Waals surface area (Å²) in [6.07, 6.45) is 4.43. The van der Waals surface area contributed by atoms with Gasteiger partial charge in [-0.3, -0.25) is 0 Å². The van der Waals surface area contributed by atoms with Crippen LogP contribution >= 0.6 is 0 Å². The first-order valence-corrected chi connectivity index (χ1v) is 8.64. The summed E-state index contributed by atoms with van der Waals surface area (Å²) in [5.74, 6) is -0.495. The number of aryl methyl sites for hydroxylation is 1. The second kappa shape index (κ2) is 6.15. The second-order valence-corrected chi connectivity index (χ2v) is 7.44. The Hall–Kier alpha value is -1.40. The minimum atomic E-state index is -3.66. The van der Waals surface area contributed by atoms with Crippen LogP contribution < -0.4 is 4.72 Å². The van der Waals surface area contributed by atoms with Crippen LogP contribution in [0.4, 0.5) is 0 Å². The van der Waals surface area contributed by atoms with Crippen molar-refractivity contribution >= 4 is 16.0 Å². The van der Waals surface area contributed by atoms with Gasteiger partial charge in [0.05, 0.1) is 10.5 Å². The van der Waals surface area contributed by atoms with Crippen LogP contribution in [0.1, 0.15) is 47.2 Å². The van der Waals surface area contributed by atoms with E-state index in [0.717, 1.165) is 6.42 Å². The van der Waals surface area contributed by atoms with Crippen LogP contribution in [0.15, 0.2) is 17.0 Å². The van der Waals surface area contributed by atoms with Gasteiger partial charge in [-0.25, -0.2) is 17.9 Å². The highest BCUT2D eigenvalue weighted by molar-refractivity contribution is 7.89. The summed E-state index contributed by atoms with van der Waals surface area (Å²) >= 11 is 0. The third kappa shape index (κ3) is 3.63. The second-order valence-electron chi connectivity index (χ2n) is 5.70. The Balaban J connectivity index is 2.19. The molecule has 0 saturated heterocycles. The highest BCUT2D eigenvalue weighted by Crippen LogP contribution is 2.29. The smallest absolute Gasteiger partial charge is 0.335 e. The summed E-state index contributed by atoms with van der Waals surface area (Å²) in [5, 5.41) is 9.06. The molecule has 0 aliphatic heterocycles. The van der Waals surface area contributed by atoms with Crippen LogP contribution in [-0.2, 0) is 10.0 Å². The molecule has 1 aromatic rings. The first-order chi connectivity index (χ1) is 9.81. The van der Waals surface area contributed by atoms with Gasteiger partial charge in [0.2, 0.25) is 10.0 Å². The molecule has 0 radical (unpaired) electrons. The maximum Gasteiger partial charge on any atom is 0.335 e. The molecule has 21 heavy (non-hydrogen) atoms. The average Bonchev–Trinajstić information content (AvgIpc) is 2.35. The molecule has 2 N–H and O–H groups in total. The summed E-state index contributed by atoms with van der Waals surface area (Å²) in [4.78, 5) is 11.1. The van der Waals surface area contributed by atoms with Crippen LogP contribution in [0.25, 0.3) is 0 Å². The Morgan fingerprint density at radius 2 is 2.00 bits per heavy atom. The number of carbonyl (C=O) groups is 1. The Morgan fingerprint density at radius 3 is 2.52 bits per heavy atom. The summed E-state index contributed by atoms with van der Waals surface area (Å²) in [7, 11) is -3.66. The molecule has 0 bridgehead atoms. The van der Waals surface area contributed by atoms with E-state index in [2.05, 4.69) is 4.72 Å². The van der Waals surface area contributed by atoms with Gasteiger partial charge in [0, 0.05) is 6.54 Å². The molecule has 1 fully saturated rings. The fourth-order valence-corrected chi connectivity index (χ4v) is 3.87. The number of aromatic carboxylic acids is 1. The Labute approximate surface area is 125 Å². The number of benzene rings is 1. The quantitative estimate of drug-likeness (QED) is 0.845. The van der Waals surface area contributed by atoms with Crippen molar-refractivity contribution in [1.82, 2.24) is 4.72 Å². The van der Waals surface area contributed by atoms with Crippen molar-refractivity contribution in [2.24, 2.45) is 5.92 Å². The third-order valence-electron chi connectivity index (χ3n) is 4.23. The lowest BCUT2D eigenvalue weighted by Crippen LogP contribution is -2.28. The zero-order valence-corrected chi connectivity index (χ0v) is 13.2. The van der Waals surface area contributed by atoms with E-state index in [1.54, 1.807) is 13.8 Å². The Bertz CT molecular complexity index is 648. The lowest BCUT2D eigenvalue weighted by Gasteiger charge is -2.25. The van der Waals surface area contributed by atoms with Crippen molar-refractivity contribution in [3.63, 3.8) is 0 Å². The van der Waals surface area contributed by atoms with Crippen molar-refractivity contribution in [2.75, 3.05) is 6.54 Å². The minimum absolute atomic E-state index is 0.00234. The zero-order chi connectivity index (χ0) is 15.6. The monoisotopic (exact) mass is 311 g/mol. The molecule has 0 amide bonds. The van der Waals surface area contributed by atoms with Crippen molar-refractivity contribution in [1.29, 1.82) is 0 Å². The van der Waals surface area contributed by atoms with Gasteiger partial charge in [-0.1, -0.05) is 19.3 Å². The molecule has 0 spiro atoms. The summed E-state index contributed by atoms with van der Waals surface area (Å²) < 4.78 is 27.3. The van der Waals surface area contributed by atoms with Crippen LogP contribution in [-0.4, -0.2) is 26.0 Å². The molecule has 1 aliphatic carbocycles. The highest BCUT2D eigenvalue weighted by atomic mass is 32.2. The normalized spacial score (nSPS) is 15.7. The molecule has 1 saturated carbocycles. The van der Waals surface area contributed by atoms with E-state index in [4.69, 9.17) is 5.11 Å². The highest BCUT2D eigenvalue weighted by Gasteiger charge is 2.22. The molecule has 0 heterocycles. The predicted octanol–water partition coefficient (Wildman–Crippen LogP) is 2.47. The van der Waals surface area contributed by atoms with Gasteiger partial charge in [-0.05, 0) is 49.4 Å². The predicted molar refractivity (Wildman–Crippen MR) is 80.0 cm³/mol. The lowest BCUT2D eigenvalue weighted by molar-refractivity contribution is 0.0696. The standard InChI is InChI=1S/C15H21NO4S/c1-10-8-13(15(17)18)9-14(11(10)2)21(19,20)16-7-6-12-4-3-5-12/h8-9,12,16H,3-7H2,1-2H3,(H,17,18). The summed E-state index contributed by atoms with van der Waals surface area (Å²) in [5.41, 5.74) is 1.25. The fraction of sp³-hybridized carbons (Fsp3) is 0.533. The van der Waals surface area contributed by atoms with Crippen molar-refractivity contribution in [3.05, 3.63) is 28.8 Å². The van der Waals surface area contributed by atoms with Gasteiger partial charge >= 0.3 is 5.97 Å². The van der Waals surface area contributed by atoms with Gasteiger partial charge in [0.25, 0.3) is 0 Å². The molecular formula is C15H21NO4S. The molecule has 1 aromatic carbocycles. The Kier molecular flexibility index (Phi) is 4.68. The maximum atomic E-state index is 12.4. The van der Waals surface area contributed by atoms with Gasteiger partial charge in [-0.15, -0.1) is 0 Å². The van der Waals surface area contributed by atoms with Gasteiger partial charge in [-0.2, -0.15) is 0 Å². The number of rotatable bonds is 6. The SMILES string of the molecule is Cc1cc(C(=O)O)cc(S(=O)(=O)NCCC2CCC2)c1C. The van der Waals surface area contributed by atoms with E-state index in [1.165, 1.54) is 31.4 Å². The summed E-state index contributed by atoms with van der Waals surface area (Å²) in [6, 6.07) is 2.72. The molecule has 5 nitrogen and oxygen atoms in total. The number of sulfonamides is 1. The van der Waals surface area contributed by atoms with Crippen LogP contribution in [0.2, 0.25) is 0 Å². The molecule has 6 heteroatoms. The van der Waals surface area contributed by atoms with Gasteiger partial charge < -0.3 is 5.11 Å². The fourth-order valence-electron chi connectivity index (χ4n) is 2.49. The van der Waals surface area contributed by atoms with Crippen LogP contribution in [0.5, 0.6) is 0 Å². The first-order valence-electron chi connectivity index (χ1n) is 7.15. The number of carboxylic acids is 1. The third-order valence-corrected chi connectivity index (χ3v) is 5.81. The van der Waals surface area contributed by atoms with Crippen molar-refractivity contribution in [2.45, 2.75) is 44.4 Å². The molecule has 0 aromatic heterocycles. The van der Waals surface area contributed by atoms with Crippen LogP contribution in [0.3, 0.4) is 0 Å². The van der Waals surface area contributed by atoms with Gasteiger partial charge in [0.15, 0.2) is 0 Å². The molecular weight excluding hydrogens is 290 g/mol. The maximum absolute atomic E-state index is 12.4. The molecule has 116 valence electrons. The van der Waals surface area contributed by atoms with E-state index >= 15 is 0 Å². The largest absolute Gasteiger partial charge is 0.478 e. The number of carboxylic acid groups (broad SMARTS) is 1. The number of hydrogen-bond acceptors (Lipinski definition) is 3. The molecule has 2 rings (SSSR count). The van der Waals surface area contributed by atoms with E-state index in [9.17, 15) is 13.2 Å². The van der Waals surface area contributed by atoms with Gasteiger partial charge in [0.1, 0.15) is 0 Å². The number of hydrogen-bond donors (Lipinski definition) is 2. The van der Waals surface area contributed by atoms with E-state index in [-0.39, 0.29) is 10.5 Å². The van der Waals surface area contributed by atoms with E-state index in [1.807, 2.05) is 0 Å². The van der Waals surface area contributed by atoms with Crippen molar-refractivity contribution < 1.29 is 18.3 Å². The number of nitrogens with one attached hydrogen (secondary N) is 1. The van der Waals surface area contributed by atoms with Crippen molar-refractivity contribution in [3.8, 4) is 0 Å². The first kappa shape index (κ1) is 16.0. The average molecular weight is 311 g/mol. The summed E-state index contributed by atoms with van der Waals surface area (Å²) in [6.45, 7) is 3.82. The van der Waals surface area contributed by atoms with Crippen LogP contribution in [0, 0.1) is 19.8 Å². The van der Waals surface area contributed by atoms with E-state index < -0.39 is 16.0 Å². The molecule has 0 atom stereocenters. The molecule has 0 unspecified atom stereocenters. The Morgan fingerprint density at radius 1 is 1.33 bits per heavy atom. The van der Waals surface area contributed by atoms with E-state index in [0.29, 0.717) is 23.6 Å².